The second-order valence-electron chi connectivity index (χ2n) is 1.86. The summed E-state index contributed by atoms with van der Waals surface area (Å²) in [4.78, 5) is 0. The van der Waals surface area contributed by atoms with Crippen LogP contribution < -0.4 is 11.2 Å². The zero-order chi connectivity index (χ0) is 5.28. The first kappa shape index (κ1) is 5.03. The van der Waals surface area contributed by atoms with Gasteiger partial charge in [-0.05, 0) is 6.92 Å². The van der Waals surface area contributed by atoms with Crippen molar-refractivity contribution in [2.24, 2.45) is 5.73 Å². The van der Waals surface area contributed by atoms with E-state index in [1.165, 1.54) is 0 Å². The van der Waals surface area contributed by atoms with Crippen molar-refractivity contribution in [2.45, 2.75) is 13.0 Å². The zero-order valence-corrected chi connectivity index (χ0v) is 4.52. The topological polar surface area (TPSA) is 41.1 Å². The maximum Gasteiger partial charge on any atom is 0.0567 e. The Morgan fingerprint density at radius 3 is 2.71 bits per heavy atom. The van der Waals surface area contributed by atoms with E-state index in [1.54, 1.807) is 0 Å². The molecular formula is C4H11N3. The van der Waals surface area contributed by atoms with Crippen LogP contribution >= 0.6 is 0 Å². The standard InChI is InChI=1S/C4H11N3/c1-4-2-7(4)6-3-5/h4,6H,2-3,5H2,1H3. The van der Waals surface area contributed by atoms with Gasteiger partial charge in [-0.1, -0.05) is 0 Å². The molecule has 1 aliphatic rings. The molecule has 0 aliphatic carbocycles. The van der Waals surface area contributed by atoms with Crippen LogP contribution in [0, 0.1) is 0 Å². The summed E-state index contributed by atoms with van der Waals surface area (Å²) in [7, 11) is 0. The highest BCUT2D eigenvalue weighted by atomic mass is 15.6. The average molecular weight is 101 g/mol. The number of nitrogens with two attached hydrogens (primary N) is 1. The molecule has 1 aliphatic heterocycles. The molecule has 0 amide bonds. The minimum absolute atomic E-state index is 0.560. The highest BCUT2D eigenvalue weighted by Crippen LogP contribution is 2.09. The third-order valence-corrected chi connectivity index (χ3v) is 1.15. The molecule has 3 nitrogen and oxygen atoms in total. The monoisotopic (exact) mass is 101 g/mol. The summed E-state index contributed by atoms with van der Waals surface area (Å²) in [6, 6.07) is 0.712. The molecule has 0 radical (unpaired) electrons. The Labute approximate surface area is 43.4 Å². The first-order chi connectivity index (χ1) is 3.34. The predicted molar refractivity (Wildman–Crippen MR) is 28.4 cm³/mol. The van der Waals surface area contributed by atoms with E-state index in [-0.39, 0.29) is 0 Å². The molecule has 3 heteroatoms. The summed E-state index contributed by atoms with van der Waals surface area (Å²) >= 11 is 0. The van der Waals surface area contributed by atoms with Gasteiger partial charge in [0.25, 0.3) is 0 Å². The molecule has 0 spiro atoms. The van der Waals surface area contributed by atoms with Gasteiger partial charge in [-0.15, -0.1) is 0 Å². The molecule has 1 rings (SSSR count). The number of rotatable bonds is 2. The van der Waals surface area contributed by atoms with Crippen LogP contribution in [0.4, 0.5) is 0 Å². The van der Waals surface area contributed by atoms with Crippen LogP contribution in [0.5, 0.6) is 0 Å². The fraction of sp³-hybridized carbons (Fsp3) is 1.00. The van der Waals surface area contributed by atoms with E-state index in [2.05, 4.69) is 17.4 Å². The molecule has 2 atom stereocenters. The molecule has 0 aromatic heterocycles. The smallest absolute Gasteiger partial charge is 0.0567 e. The second-order valence-corrected chi connectivity index (χ2v) is 1.86. The lowest BCUT2D eigenvalue weighted by molar-refractivity contribution is 0.385. The molecule has 3 N–H and O–H groups in total. The van der Waals surface area contributed by atoms with Gasteiger partial charge in [0.05, 0.1) is 6.67 Å². The van der Waals surface area contributed by atoms with E-state index in [9.17, 15) is 0 Å². The molecule has 0 aromatic carbocycles. The van der Waals surface area contributed by atoms with E-state index in [0.717, 1.165) is 6.54 Å². The maximum absolute atomic E-state index is 5.18. The van der Waals surface area contributed by atoms with Gasteiger partial charge in [-0.25, -0.2) is 10.4 Å². The van der Waals surface area contributed by atoms with E-state index in [1.807, 2.05) is 0 Å². The summed E-state index contributed by atoms with van der Waals surface area (Å²) < 4.78 is 0. The number of hydrogen-bond donors (Lipinski definition) is 2. The molecule has 2 unspecified atom stereocenters. The summed E-state index contributed by atoms with van der Waals surface area (Å²) in [6.45, 7) is 3.87. The zero-order valence-electron chi connectivity index (χ0n) is 4.52. The van der Waals surface area contributed by atoms with Gasteiger partial charge in [-0.2, -0.15) is 0 Å². The Kier molecular flexibility index (Phi) is 1.27. The van der Waals surface area contributed by atoms with Gasteiger partial charge in [-0.3, -0.25) is 0 Å². The SMILES string of the molecule is CC1CN1NCN. The van der Waals surface area contributed by atoms with Crippen molar-refractivity contribution >= 4 is 0 Å². The molecule has 1 fully saturated rings. The highest BCUT2D eigenvalue weighted by molar-refractivity contribution is 4.79. The quantitative estimate of drug-likeness (QED) is 0.350. The van der Waals surface area contributed by atoms with Crippen molar-refractivity contribution in [3.63, 3.8) is 0 Å². The van der Waals surface area contributed by atoms with Gasteiger partial charge in [0.1, 0.15) is 0 Å². The van der Waals surface area contributed by atoms with Crippen LogP contribution in [0.25, 0.3) is 0 Å². The Morgan fingerprint density at radius 1 is 2.00 bits per heavy atom. The third kappa shape index (κ3) is 1.12. The van der Waals surface area contributed by atoms with Crippen LogP contribution in [0.15, 0.2) is 0 Å². The number of hydrazine groups is 1. The van der Waals surface area contributed by atoms with E-state index in [0.29, 0.717) is 12.7 Å². The Bertz CT molecular complexity index is 64.0. The van der Waals surface area contributed by atoms with Gasteiger partial charge >= 0.3 is 0 Å². The van der Waals surface area contributed by atoms with Crippen LogP contribution in [-0.4, -0.2) is 24.3 Å². The minimum Gasteiger partial charge on any atom is -0.317 e. The van der Waals surface area contributed by atoms with Crippen molar-refractivity contribution in [3.05, 3.63) is 0 Å². The fourth-order valence-electron chi connectivity index (χ4n) is 0.575. The first-order valence-corrected chi connectivity index (χ1v) is 2.55. The summed E-state index contributed by atoms with van der Waals surface area (Å²) in [5, 5.41) is 2.10. The predicted octanol–water partition coefficient (Wildman–Crippen LogP) is -0.889. The summed E-state index contributed by atoms with van der Waals surface area (Å²) in [6.07, 6.45) is 0. The van der Waals surface area contributed by atoms with E-state index >= 15 is 0 Å². The summed E-state index contributed by atoms with van der Waals surface area (Å²) in [5.74, 6) is 0. The van der Waals surface area contributed by atoms with Gasteiger partial charge in [0.2, 0.25) is 0 Å². The number of nitrogens with zero attached hydrogens (tertiary/aromatic N) is 1. The Hall–Kier alpha value is -0.120. The highest BCUT2D eigenvalue weighted by Gasteiger charge is 2.27. The van der Waals surface area contributed by atoms with Crippen molar-refractivity contribution in [2.75, 3.05) is 13.2 Å². The van der Waals surface area contributed by atoms with Crippen molar-refractivity contribution in [1.82, 2.24) is 10.4 Å². The fourth-order valence-corrected chi connectivity index (χ4v) is 0.575. The molecule has 0 saturated carbocycles. The van der Waals surface area contributed by atoms with Gasteiger partial charge < -0.3 is 5.73 Å². The summed E-state index contributed by atoms with van der Waals surface area (Å²) in [5.41, 5.74) is 8.16. The minimum atomic E-state index is 0.560. The lowest BCUT2D eigenvalue weighted by atomic mass is 10.6. The van der Waals surface area contributed by atoms with Crippen LogP contribution in [0.2, 0.25) is 0 Å². The Morgan fingerprint density at radius 2 is 2.57 bits per heavy atom. The van der Waals surface area contributed by atoms with Crippen molar-refractivity contribution in [3.8, 4) is 0 Å². The normalized spacial score (nSPS) is 38.6. The molecule has 7 heavy (non-hydrogen) atoms. The average Bonchev–Trinajstić information content (AvgIpc) is 2.22. The maximum atomic E-state index is 5.18. The van der Waals surface area contributed by atoms with Gasteiger partial charge in [0, 0.05) is 12.6 Å². The van der Waals surface area contributed by atoms with Crippen LogP contribution in [0.3, 0.4) is 0 Å². The molecule has 0 aromatic rings. The lowest BCUT2D eigenvalue weighted by Crippen LogP contribution is -2.28. The lowest BCUT2D eigenvalue weighted by Gasteiger charge is -1.97. The molecular weight excluding hydrogens is 90.1 g/mol. The van der Waals surface area contributed by atoms with Crippen molar-refractivity contribution < 1.29 is 0 Å². The van der Waals surface area contributed by atoms with Gasteiger partial charge in [0.15, 0.2) is 0 Å². The third-order valence-electron chi connectivity index (χ3n) is 1.15. The molecule has 0 bridgehead atoms. The molecule has 42 valence electrons. The largest absolute Gasteiger partial charge is 0.317 e. The van der Waals surface area contributed by atoms with Crippen LogP contribution in [-0.2, 0) is 0 Å². The Balaban J connectivity index is 1.98. The first-order valence-electron chi connectivity index (χ1n) is 2.55. The van der Waals surface area contributed by atoms with E-state index in [4.69, 9.17) is 5.73 Å². The number of nitrogens with one attached hydrogen (secondary N) is 1. The molecule has 1 saturated heterocycles. The second kappa shape index (κ2) is 1.78. The van der Waals surface area contributed by atoms with Crippen molar-refractivity contribution in [1.29, 1.82) is 0 Å². The number of hydrogen-bond acceptors (Lipinski definition) is 3. The molecule has 1 heterocycles. The van der Waals surface area contributed by atoms with Crippen LogP contribution in [0.1, 0.15) is 6.92 Å². The van der Waals surface area contributed by atoms with E-state index < -0.39 is 0 Å².